The zero-order valence-electron chi connectivity index (χ0n) is 17.4. The molecule has 4 heteroatoms. The van der Waals surface area contributed by atoms with Crippen LogP contribution in [0.15, 0.2) is 0 Å². The molecule has 0 aromatic carbocycles. The van der Waals surface area contributed by atoms with E-state index in [0.717, 1.165) is 38.5 Å². The van der Waals surface area contributed by atoms with Gasteiger partial charge in [0.2, 0.25) is 0 Å². The first kappa shape index (κ1) is 19.4. The maximum atomic E-state index is 12.3. The van der Waals surface area contributed by atoms with Crippen molar-refractivity contribution in [1.29, 1.82) is 0 Å². The minimum absolute atomic E-state index is 0.0345. The highest BCUT2D eigenvalue weighted by atomic mass is 16.5. The Kier molecular flexibility index (Phi) is 4.53. The molecule has 0 radical (unpaired) electrons. The van der Waals surface area contributed by atoms with Gasteiger partial charge in [0.05, 0.1) is 0 Å². The lowest BCUT2D eigenvalue weighted by atomic mass is 9.44. The van der Waals surface area contributed by atoms with Crippen molar-refractivity contribution in [2.75, 3.05) is 0 Å². The standard InChI is InChI=1S/C23H36O4/c1-14(24)23(26)12-9-20-18-6-5-16-13-17(27-15(2)25)7-10-21(16,3)19(18)8-11-22(20,23)4/h16-20,26H,5-13H2,1-4H3/t16-,17-,18+,19-,20-,21-,22-,23-/m0/s1. The lowest BCUT2D eigenvalue weighted by Gasteiger charge is -2.61. The maximum Gasteiger partial charge on any atom is 0.302 e. The van der Waals surface area contributed by atoms with Gasteiger partial charge in [-0.3, -0.25) is 9.59 Å². The maximum absolute atomic E-state index is 12.3. The van der Waals surface area contributed by atoms with Crippen LogP contribution in [-0.4, -0.2) is 28.6 Å². The Balaban J connectivity index is 1.56. The molecule has 152 valence electrons. The van der Waals surface area contributed by atoms with Crippen LogP contribution in [0.1, 0.15) is 85.5 Å². The highest BCUT2D eigenvalue weighted by Gasteiger charge is 2.66. The first-order valence-corrected chi connectivity index (χ1v) is 11.0. The second-order valence-electron chi connectivity index (χ2n) is 10.6. The topological polar surface area (TPSA) is 63.6 Å². The molecule has 0 amide bonds. The molecule has 4 nitrogen and oxygen atoms in total. The molecule has 0 saturated heterocycles. The van der Waals surface area contributed by atoms with E-state index in [-0.39, 0.29) is 23.3 Å². The summed E-state index contributed by atoms with van der Waals surface area (Å²) in [5.74, 6) is 2.22. The number of hydrogen-bond acceptors (Lipinski definition) is 4. The van der Waals surface area contributed by atoms with Gasteiger partial charge in [-0.05, 0) is 93.8 Å². The van der Waals surface area contributed by atoms with Gasteiger partial charge in [0.25, 0.3) is 0 Å². The predicted molar refractivity (Wildman–Crippen MR) is 103 cm³/mol. The van der Waals surface area contributed by atoms with Crippen molar-refractivity contribution < 1.29 is 19.4 Å². The van der Waals surface area contributed by atoms with Gasteiger partial charge in [-0.2, -0.15) is 0 Å². The number of carbonyl (C=O) groups is 2. The van der Waals surface area contributed by atoms with Gasteiger partial charge in [0.1, 0.15) is 11.7 Å². The fourth-order valence-electron chi connectivity index (χ4n) is 8.15. The second-order valence-corrected chi connectivity index (χ2v) is 10.6. The number of carbonyl (C=O) groups excluding carboxylic acids is 2. The molecule has 0 heterocycles. The number of rotatable bonds is 2. The van der Waals surface area contributed by atoms with Crippen molar-refractivity contribution in [3.8, 4) is 0 Å². The molecule has 0 aromatic rings. The molecule has 0 bridgehead atoms. The summed E-state index contributed by atoms with van der Waals surface area (Å²) in [4.78, 5) is 23.7. The van der Waals surface area contributed by atoms with Crippen molar-refractivity contribution in [3.63, 3.8) is 0 Å². The number of fused-ring (bicyclic) bond motifs is 5. The van der Waals surface area contributed by atoms with Crippen LogP contribution >= 0.6 is 0 Å². The lowest BCUT2D eigenvalue weighted by molar-refractivity contribution is -0.175. The van der Waals surface area contributed by atoms with Gasteiger partial charge in [-0.1, -0.05) is 13.8 Å². The number of Topliss-reactive ketones (excluding diaryl/α,β-unsaturated/α-hetero) is 1. The number of hydrogen-bond donors (Lipinski definition) is 1. The number of esters is 1. The Hall–Kier alpha value is -0.900. The van der Waals surface area contributed by atoms with Crippen LogP contribution in [-0.2, 0) is 14.3 Å². The van der Waals surface area contributed by atoms with E-state index < -0.39 is 5.60 Å². The number of ether oxygens (including phenoxy) is 1. The monoisotopic (exact) mass is 376 g/mol. The van der Waals surface area contributed by atoms with Crippen LogP contribution < -0.4 is 0 Å². The summed E-state index contributed by atoms with van der Waals surface area (Å²) < 4.78 is 5.55. The zero-order chi connectivity index (χ0) is 19.6. The van der Waals surface area contributed by atoms with E-state index in [1.54, 1.807) is 6.92 Å². The highest BCUT2D eigenvalue weighted by molar-refractivity contribution is 5.86. The van der Waals surface area contributed by atoms with E-state index in [9.17, 15) is 14.7 Å². The zero-order valence-corrected chi connectivity index (χ0v) is 17.4. The van der Waals surface area contributed by atoms with Crippen LogP contribution in [0.3, 0.4) is 0 Å². The molecule has 4 rings (SSSR count). The Morgan fingerprint density at radius 2 is 1.63 bits per heavy atom. The minimum atomic E-state index is -1.12. The molecule has 0 spiro atoms. The van der Waals surface area contributed by atoms with Crippen LogP contribution in [0.2, 0.25) is 0 Å². The van der Waals surface area contributed by atoms with Crippen LogP contribution in [0.4, 0.5) is 0 Å². The van der Waals surface area contributed by atoms with E-state index in [2.05, 4.69) is 13.8 Å². The summed E-state index contributed by atoms with van der Waals surface area (Å²) in [6.07, 6.45) is 9.34. The SMILES string of the molecule is CC(=O)O[C@H]1CC[C@@]2(C)[C@@H](CC[C@@H]3[C@@H]2CC[C@@]2(C)[C@H]3CC[C@]2(O)C(C)=O)C1. The van der Waals surface area contributed by atoms with Crippen LogP contribution in [0, 0.1) is 34.5 Å². The van der Waals surface area contributed by atoms with E-state index >= 15 is 0 Å². The first-order chi connectivity index (χ1) is 12.6. The third-order valence-corrected chi connectivity index (χ3v) is 9.68. The smallest absolute Gasteiger partial charge is 0.302 e. The van der Waals surface area contributed by atoms with E-state index in [0.29, 0.717) is 35.5 Å². The van der Waals surface area contributed by atoms with Gasteiger partial charge < -0.3 is 9.84 Å². The van der Waals surface area contributed by atoms with Crippen molar-refractivity contribution in [2.45, 2.75) is 97.2 Å². The first-order valence-electron chi connectivity index (χ1n) is 11.0. The summed E-state index contributed by atoms with van der Waals surface area (Å²) in [7, 11) is 0. The van der Waals surface area contributed by atoms with Crippen LogP contribution in [0.5, 0.6) is 0 Å². The molecule has 4 fully saturated rings. The number of aliphatic hydroxyl groups is 1. The molecular weight excluding hydrogens is 340 g/mol. The quantitative estimate of drug-likeness (QED) is 0.731. The minimum Gasteiger partial charge on any atom is -0.463 e. The molecule has 0 aromatic heterocycles. The molecule has 4 saturated carbocycles. The van der Waals surface area contributed by atoms with E-state index in [4.69, 9.17) is 4.74 Å². The van der Waals surface area contributed by atoms with E-state index in [1.807, 2.05) is 0 Å². The summed E-state index contributed by atoms with van der Waals surface area (Å²) >= 11 is 0. The normalized spacial score (nSPS) is 51.7. The Labute approximate surface area is 163 Å². The third-order valence-electron chi connectivity index (χ3n) is 9.68. The summed E-state index contributed by atoms with van der Waals surface area (Å²) in [6.45, 7) is 7.76. The molecule has 4 aliphatic carbocycles. The average molecular weight is 377 g/mol. The van der Waals surface area contributed by atoms with E-state index in [1.165, 1.54) is 19.8 Å². The van der Waals surface area contributed by atoms with Gasteiger partial charge in [-0.25, -0.2) is 0 Å². The highest BCUT2D eigenvalue weighted by Crippen LogP contribution is 2.68. The molecular formula is C23H36O4. The fourth-order valence-corrected chi connectivity index (χ4v) is 8.15. The van der Waals surface area contributed by atoms with Gasteiger partial charge in [0.15, 0.2) is 5.78 Å². The fraction of sp³-hybridized carbons (Fsp3) is 0.913. The second kappa shape index (κ2) is 6.30. The summed E-state index contributed by atoms with van der Waals surface area (Å²) in [5.41, 5.74) is -1.05. The van der Waals surface area contributed by atoms with Crippen molar-refractivity contribution >= 4 is 11.8 Å². The van der Waals surface area contributed by atoms with Gasteiger partial charge >= 0.3 is 5.97 Å². The lowest BCUT2D eigenvalue weighted by Crippen LogP contribution is -2.58. The third kappa shape index (κ3) is 2.65. The molecule has 1 N–H and O–H groups in total. The molecule has 0 aliphatic heterocycles. The van der Waals surface area contributed by atoms with Gasteiger partial charge in [-0.15, -0.1) is 0 Å². The predicted octanol–water partition coefficient (Wildman–Crippen LogP) is 4.28. The largest absolute Gasteiger partial charge is 0.463 e. The van der Waals surface area contributed by atoms with Crippen LogP contribution in [0.25, 0.3) is 0 Å². The Bertz CT molecular complexity index is 644. The average Bonchev–Trinajstić information content (AvgIpc) is 2.87. The molecule has 0 unspecified atom stereocenters. The molecule has 8 atom stereocenters. The van der Waals surface area contributed by atoms with Crippen molar-refractivity contribution in [3.05, 3.63) is 0 Å². The van der Waals surface area contributed by atoms with Gasteiger partial charge in [0, 0.05) is 12.3 Å². The summed E-state index contributed by atoms with van der Waals surface area (Å²) in [5, 5.41) is 11.2. The van der Waals surface area contributed by atoms with Crippen molar-refractivity contribution in [1.82, 2.24) is 0 Å². The number of ketones is 1. The summed E-state index contributed by atoms with van der Waals surface area (Å²) in [6, 6.07) is 0. The Morgan fingerprint density at radius 1 is 0.926 bits per heavy atom. The molecule has 27 heavy (non-hydrogen) atoms. The Morgan fingerprint density at radius 3 is 2.30 bits per heavy atom. The van der Waals surface area contributed by atoms with Crippen molar-refractivity contribution in [2.24, 2.45) is 34.5 Å². The molecule has 4 aliphatic rings.